The number of aliphatic hydroxyl groups excluding tert-OH is 1. The van der Waals surface area contributed by atoms with Gasteiger partial charge in [-0.05, 0) is 38.0 Å². The summed E-state index contributed by atoms with van der Waals surface area (Å²) in [6.07, 6.45) is 2.27. The van der Waals surface area contributed by atoms with Crippen LogP contribution in [0.4, 0.5) is 5.82 Å². The van der Waals surface area contributed by atoms with Crippen LogP contribution >= 0.6 is 0 Å². The number of rotatable bonds is 4. The molecule has 0 radical (unpaired) electrons. The first kappa shape index (κ1) is 9.99. The smallest absolute Gasteiger partial charge is 0.126 e. The Morgan fingerprint density at radius 3 is 3.00 bits per heavy atom. The molecule has 0 amide bonds. The van der Waals surface area contributed by atoms with Crippen molar-refractivity contribution in [2.24, 2.45) is 0 Å². The van der Waals surface area contributed by atoms with E-state index in [9.17, 15) is 0 Å². The minimum atomic E-state index is -0.252. The van der Waals surface area contributed by atoms with Gasteiger partial charge in [-0.2, -0.15) is 0 Å². The van der Waals surface area contributed by atoms with Gasteiger partial charge in [0.05, 0.1) is 6.10 Å². The van der Waals surface area contributed by atoms with Gasteiger partial charge in [0.1, 0.15) is 5.82 Å². The molecule has 0 bridgehead atoms. The van der Waals surface area contributed by atoms with Gasteiger partial charge in [0.25, 0.3) is 0 Å². The number of hydrogen-bond acceptors (Lipinski definition) is 3. The average molecular weight is 180 g/mol. The number of hydrogen-bond donors (Lipinski definition) is 2. The molecule has 0 aliphatic rings. The maximum Gasteiger partial charge on any atom is 0.126 e. The van der Waals surface area contributed by atoms with Crippen LogP contribution in [0.5, 0.6) is 0 Å². The van der Waals surface area contributed by atoms with Crippen LogP contribution in [0.15, 0.2) is 18.3 Å². The third kappa shape index (κ3) is 3.90. The average Bonchev–Trinajstić information content (AvgIpc) is 2.03. The van der Waals surface area contributed by atoms with Gasteiger partial charge in [-0.3, -0.25) is 0 Å². The molecule has 13 heavy (non-hydrogen) atoms. The first-order valence-electron chi connectivity index (χ1n) is 4.53. The van der Waals surface area contributed by atoms with Crippen LogP contribution in [0.1, 0.15) is 18.9 Å². The van der Waals surface area contributed by atoms with Crippen molar-refractivity contribution in [2.75, 3.05) is 11.9 Å². The van der Waals surface area contributed by atoms with E-state index in [2.05, 4.69) is 10.3 Å². The Hall–Kier alpha value is -1.09. The lowest BCUT2D eigenvalue weighted by Crippen LogP contribution is -2.10. The van der Waals surface area contributed by atoms with Crippen molar-refractivity contribution in [1.82, 2.24) is 4.98 Å². The SMILES string of the molecule is Cc1ccnc(NCC[C@H](C)O)c1. The van der Waals surface area contributed by atoms with Crippen molar-refractivity contribution in [3.05, 3.63) is 23.9 Å². The molecule has 1 heterocycles. The lowest BCUT2D eigenvalue weighted by Gasteiger charge is -2.07. The summed E-state index contributed by atoms with van der Waals surface area (Å²) in [6.45, 7) is 4.57. The van der Waals surface area contributed by atoms with E-state index >= 15 is 0 Å². The fraction of sp³-hybridized carbons (Fsp3) is 0.500. The summed E-state index contributed by atoms with van der Waals surface area (Å²) in [5, 5.41) is 12.2. The van der Waals surface area contributed by atoms with Crippen LogP contribution in [0.25, 0.3) is 0 Å². The molecule has 1 aromatic heterocycles. The van der Waals surface area contributed by atoms with E-state index in [0.29, 0.717) is 0 Å². The number of pyridine rings is 1. The predicted octanol–water partition coefficient (Wildman–Crippen LogP) is 1.57. The van der Waals surface area contributed by atoms with Gasteiger partial charge in [-0.25, -0.2) is 4.98 Å². The van der Waals surface area contributed by atoms with Crippen LogP contribution in [0, 0.1) is 6.92 Å². The van der Waals surface area contributed by atoms with Crippen molar-refractivity contribution >= 4 is 5.82 Å². The van der Waals surface area contributed by atoms with E-state index in [1.54, 1.807) is 13.1 Å². The zero-order valence-corrected chi connectivity index (χ0v) is 8.12. The van der Waals surface area contributed by atoms with Gasteiger partial charge in [-0.1, -0.05) is 0 Å². The molecule has 0 saturated heterocycles. The zero-order valence-electron chi connectivity index (χ0n) is 8.12. The lowest BCUT2D eigenvalue weighted by molar-refractivity contribution is 0.188. The summed E-state index contributed by atoms with van der Waals surface area (Å²) < 4.78 is 0. The molecule has 0 fully saturated rings. The third-order valence-corrected chi connectivity index (χ3v) is 1.78. The normalized spacial score (nSPS) is 12.5. The highest BCUT2D eigenvalue weighted by molar-refractivity contribution is 5.36. The summed E-state index contributed by atoms with van der Waals surface area (Å²) in [4.78, 5) is 4.14. The van der Waals surface area contributed by atoms with Crippen molar-refractivity contribution in [1.29, 1.82) is 0 Å². The fourth-order valence-electron chi connectivity index (χ4n) is 1.04. The zero-order chi connectivity index (χ0) is 9.68. The predicted molar refractivity (Wildman–Crippen MR) is 53.8 cm³/mol. The van der Waals surface area contributed by atoms with Gasteiger partial charge in [0.15, 0.2) is 0 Å². The van der Waals surface area contributed by atoms with Crippen LogP contribution in [-0.2, 0) is 0 Å². The number of aromatic nitrogens is 1. The Labute approximate surface area is 78.8 Å². The van der Waals surface area contributed by atoms with Crippen LogP contribution in [0.3, 0.4) is 0 Å². The quantitative estimate of drug-likeness (QED) is 0.739. The molecular weight excluding hydrogens is 164 g/mol. The Morgan fingerprint density at radius 2 is 2.38 bits per heavy atom. The largest absolute Gasteiger partial charge is 0.393 e. The molecule has 1 aromatic rings. The Balaban J connectivity index is 2.37. The van der Waals surface area contributed by atoms with E-state index in [-0.39, 0.29) is 6.10 Å². The second kappa shape index (κ2) is 4.82. The molecule has 0 aliphatic heterocycles. The van der Waals surface area contributed by atoms with Crippen LogP contribution in [-0.4, -0.2) is 22.7 Å². The number of aliphatic hydroxyl groups is 1. The minimum absolute atomic E-state index is 0.252. The number of nitrogens with one attached hydrogen (secondary N) is 1. The molecule has 0 spiro atoms. The molecule has 0 aromatic carbocycles. The Kier molecular flexibility index (Phi) is 3.71. The molecule has 3 nitrogen and oxygen atoms in total. The second-order valence-corrected chi connectivity index (χ2v) is 3.28. The molecule has 1 atom stereocenters. The van der Waals surface area contributed by atoms with Gasteiger partial charge in [0.2, 0.25) is 0 Å². The molecular formula is C10H16N2O. The molecule has 3 heteroatoms. The van der Waals surface area contributed by atoms with E-state index in [1.165, 1.54) is 5.56 Å². The third-order valence-electron chi connectivity index (χ3n) is 1.78. The number of aryl methyl sites for hydroxylation is 1. The van der Waals surface area contributed by atoms with Gasteiger partial charge in [0, 0.05) is 12.7 Å². The van der Waals surface area contributed by atoms with Crippen molar-refractivity contribution in [3.8, 4) is 0 Å². The maximum absolute atomic E-state index is 9.02. The van der Waals surface area contributed by atoms with Crippen molar-refractivity contribution in [2.45, 2.75) is 26.4 Å². The summed E-state index contributed by atoms with van der Waals surface area (Å²) in [6, 6.07) is 3.95. The summed E-state index contributed by atoms with van der Waals surface area (Å²) in [5.41, 5.74) is 1.19. The van der Waals surface area contributed by atoms with Crippen LogP contribution < -0.4 is 5.32 Å². The highest BCUT2D eigenvalue weighted by atomic mass is 16.3. The highest BCUT2D eigenvalue weighted by Crippen LogP contribution is 2.05. The highest BCUT2D eigenvalue weighted by Gasteiger charge is 1.96. The van der Waals surface area contributed by atoms with Crippen LogP contribution in [0.2, 0.25) is 0 Å². The van der Waals surface area contributed by atoms with Gasteiger partial charge >= 0.3 is 0 Å². The summed E-state index contributed by atoms with van der Waals surface area (Å²) >= 11 is 0. The molecule has 0 saturated carbocycles. The standard InChI is InChI=1S/C10H16N2O/c1-8-3-5-11-10(7-8)12-6-4-9(2)13/h3,5,7,9,13H,4,6H2,1-2H3,(H,11,12)/t9-/m0/s1. The number of anilines is 1. The van der Waals surface area contributed by atoms with E-state index in [1.807, 2.05) is 19.1 Å². The Morgan fingerprint density at radius 1 is 1.62 bits per heavy atom. The topological polar surface area (TPSA) is 45.2 Å². The second-order valence-electron chi connectivity index (χ2n) is 3.28. The number of nitrogens with zero attached hydrogens (tertiary/aromatic N) is 1. The van der Waals surface area contributed by atoms with E-state index in [0.717, 1.165) is 18.8 Å². The Bertz CT molecular complexity index is 261. The van der Waals surface area contributed by atoms with Gasteiger partial charge in [-0.15, -0.1) is 0 Å². The molecule has 0 aliphatic carbocycles. The molecule has 72 valence electrons. The van der Waals surface area contributed by atoms with Gasteiger partial charge < -0.3 is 10.4 Å². The lowest BCUT2D eigenvalue weighted by atomic mass is 10.2. The molecule has 0 unspecified atom stereocenters. The molecule has 1 rings (SSSR count). The van der Waals surface area contributed by atoms with E-state index in [4.69, 9.17) is 5.11 Å². The maximum atomic E-state index is 9.02. The monoisotopic (exact) mass is 180 g/mol. The summed E-state index contributed by atoms with van der Waals surface area (Å²) in [5.74, 6) is 0.876. The van der Waals surface area contributed by atoms with Crippen molar-refractivity contribution < 1.29 is 5.11 Å². The minimum Gasteiger partial charge on any atom is -0.393 e. The first-order chi connectivity index (χ1) is 6.18. The molecule has 2 N–H and O–H groups in total. The first-order valence-corrected chi connectivity index (χ1v) is 4.53. The van der Waals surface area contributed by atoms with Crippen molar-refractivity contribution in [3.63, 3.8) is 0 Å². The summed E-state index contributed by atoms with van der Waals surface area (Å²) in [7, 11) is 0. The van der Waals surface area contributed by atoms with E-state index < -0.39 is 0 Å². The fourth-order valence-corrected chi connectivity index (χ4v) is 1.04.